The third-order valence-electron chi connectivity index (χ3n) is 5.43. The first-order valence-corrected chi connectivity index (χ1v) is 11.1. The maximum absolute atomic E-state index is 12.9. The molecule has 0 amide bonds. The van der Waals surface area contributed by atoms with Crippen LogP contribution in [-0.2, 0) is 25.6 Å². The Morgan fingerprint density at radius 3 is 1.96 bits per heavy atom. The van der Waals surface area contributed by atoms with Gasteiger partial charge in [-0.05, 0) is 46.1 Å². The van der Waals surface area contributed by atoms with Crippen molar-refractivity contribution in [1.29, 1.82) is 0 Å². The van der Waals surface area contributed by atoms with Crippen LogP contribution < -0.4 is 0 Å². The molecule has 0 aromatic heterocycles. The maximum Gasteiger partial charge on any atom is 0.219 e. The van der Waals surface area contributed by atoms with Gasteiger partial charge in [-0.3, -0.25) is 0 Å². The Hall–Kier alpha value is -1.11. The summed E-state index contributed by atoms with van der Waals surface area (Å²) in [6.07, 6.45) is -0.0139. The van der Waals surface area contributed by atoms with Gasteiger partial charge in [-0.15, -0.1) is 0 Å². The predicted molar refractivity (Wildman–Crippen MR) is 110 cm³/mol. The summed E-state index contributed by atoms with van der Waals surface area (Å²) in [6, 6.07) is 3.84. The van der Waals surface area contributed by atoms with E-state index in [2.05, 4.69) is 0 Å². The molecule has 154 valence electrons. The molecule has 27 heavy (non-hydrogen) atoms. The molecule has 0 spiro atoms. The first kappa shape index (κ1) is 22.2. The van der Waals surface area contributed by atoms with Crippen LogP contribution in [-0.4, -0.2) is 43.3 Å². The molecule has 6 heteroatoms. The first-order chi connectivity index (χ1) is 12.2. The van der Waals surface area contributed by atoms with Crippen molar-refractivity contribution < 1.29 is 18.3 Å². The molecule has 0 radical (unpaired) electrons. The van der Waals surface area contributed by atoms with E-state index >= 15 is 0 Å². The molecule has 1 fully saturated rings. The molecule has 0 aliphatic carbocycles. The van der Waals surface area contributed by atoms with E-state index < -0.39 is 21.4 Å². The zero-order chi connectivity index (χ0) is 20.8. The summed E-state index contributed by atoms with van der Waals surface area (Å²) >= 11 is 0. The van der Waals surface area contributed by atoms with E-state index in [9.17, 15) is 13.5 Å². The molecule has 1 N–H and O–H groups in total. The Morgan fingerprint density at radius 2 is 1.63 bits per heavy atom. The predicted octanol–water partition coefficient (Wildman–Crippen LogP) is 4.10. The molecule has 1 aliphatic heterocycles. The highest BCUT2D eigenvalue weighted by atomic mass is 32.2. The van der Waals surface area contributed by atoms with Crippen molar-refractivity contribution in [1.82, 2.24) is 4.31 Å². The van der Waals surface area contributed by atoms with Crippen molar-refractivity contribution in [2.75, 3.05) is 20.2 Å². The highest BCUT2D eigenvalue weighted by Gasteiger charge is 2.44. The van der Waals surface area contributed by atoms with Crippen LogP contribution >= 0.6 is 0 Å². The number of rotatable bonds is 4. The van der Waals surface area contributed by atoms with Gasteiger partial charge in [0.05, 0.1) is 0 Å². The molecule has 0 saturated carbocycles. The second-order valence-corrected chi connectivity index (χ2v) is 11.6. The van der Waals surface area contributed by atoms with Crippen LogP contribution in [0.15, 0.2) is 12.1 Å². The number of hydrogen-bond acceptors (Lipinski definition) is 4. The third kappa shape index (κ3) is 4.17. The molecule has 2 atom stereocenters. The minimum atomic E-state index is -3.40. The SMILES string of the molecule is CCN1CC[C@@H]([C@H](OC)c2cc(C(C)(C)C)c(O)c(C(C)(C)C)c2)S1(=O)=O. The number of aromatic hydroxyl groups is 1. The Morgan fingerprint density at radius 1 is 1.15 bits per heavy atom. The van der Waals surface area contributed by atoms with E-state index in [0.29, 0.717) is 19.5 Å². The number of sulfonamides is 1. The summed E-state index contributed by atoms with van der Waals surface area (Å²) in [4.78, 5) is 0. The molecule has 0 unspecified atom stereocenters. The topological polar surface area (TPSA) is 66.8 Å². The maximum atomic E-state index is 12.9. The number of benzene rings is 1. The number of phenolic OH excluding ortho intramolecular Hbond substituents is 1. The number of methoxy groups -OCH3 is 1. The van der Waals surface area contributed by atoms with E-state index in [1.165, 1.54) is 4.31 Å². The molecule has 1 saturated heterocycles. The van der Waals surface area contributed by atoms with Gasteiger partial charge in [-0.2, -0.15) is 0 Å². The van der Waals surface area contributed by atoms with Gasteiger partial charge in [0.1, 0.15) is 17.1 Å². The number of ether oxygens (including phenoxy) is 1. The third-order valence-corrected chi connectivity index (χ3v) is 7.84. The summed E-state index contributed by atoms with van der Waals surface area (Å²) in [6.45, 7) is 15.1. The molecular weight excluding hydrogens is 362 g/mol. The van der Waals surface area contributed by atoms with E-state index in [0.717, 1.165) is 16.7 Å². The molecular formula is C21H35NO4S. The highest BCUT2D eigenvalue weighted by Crippen LogP contribution is 2.43. The molecule has 1 heterocycles. The van der Waals surface area contributed by atoms with E-state index in [1.54, 1.807) is 7.11 Å². The minimum absolute atomic E-state index is 0.275. The summed E-state index contributed by atoms with van der Waals surface area (Å²) < 4.78 is 33.1. The van der Waals surface area contributed by atoms with Gasteiger partial charge in [-0.25, -0.2) is 12.7 Å². The van der Waals surface area contributed by atoms with Crippen LogP contribution in [0.4, 0.5) is 0 Å². The van der Waals surface area contributed by atoms with Crippen molar-refractivity contribution in [3.05, 3.63) is 28.8 Å². The fraction of sp³-hybridized carbons (Fsp3) is 0.714. The molecule has 1 aliphatic rings. The smallest absolute Gasteiger partial charge is 0.219 e. The lowest BCUT2D eigenvalue weighted by Gasteiger charge is -2.31. The molecule has 0 bridgehead atoms. The lowest BCUT2D eigenvalue weighted by molar-refractivity contribution is 0.0985. The summed E-state index contributed by atoms with van der Waals surface area (Å²) in [5.41, 5.74) is 1.89. The van der Waals surface area contributed by atoms with Gasteiger partial charge in [0.2, 0.25) is 10.0 Å². The monoisotopic (exact) mass is 397 g/mol. The Bertz CT molecular complexity index is 752. The average molecular weight is 398 g/mol. The second kappa shape index (κ2) is 7.37. The molecule has 1 aromatic rings. The molecule has 2 rings (SSSR count). The second-order valence-electron chi connectivity index (χ2n) is 9.48. The van der Waals surface area contributed by atoms with Gasteiger partial charge in [-0.1, -0.05) is 48.5 Å². The standard InChI is InChI=1S/C21H35NO4S/c1-9-22-11-10-17(27(22,24)25)19(26-8)14-12-15(20(2,3)4)18(23)16(13-14)21(5,6)7/h12-13,17,19,23H,9-11H2,1-8H3/t17-,19+/m0/s1. The van der Waals surface area contributed by atoms with Crippen molar-refractivity contribution in [2.45, 2.75) is 77.1 Å². The van der Waals surface area contributed by atoms with Crippen molar-refractivity contribution in [2.24, 2.45) is 0 Å². The Labute approximate surface area is 164 Å². The van der Waals surface area contributed by atoms with Crippen LogP contribution in [0.25, 0.3) is 0 Å². The Balaban J connectivity index is 2.66. The van der Waals surface area contributed by atoms with E-state index in [1.807, 2.05) is 60.6 Å². The average Bonchev–Trinajstić information content (AvgIpc) is 2.81. The van der Waals surface area contributed by atoms with Crippen LogP contribution in [0.3, 0.4) is 0 Å². The van der Waals surface area contributed by atoms with Gasteiger partial charge in [0.25, 0.3) is 0 Å². The van der Waals surface area contributed by atoms with Crippen LogP contribution in [0.2, 0.25) is 0 Å². The molecule has 5 nitrogen and oxygen atoms in total. The zero-order valence-electron chi connectivity index (χ0n) is 18.0. The summed E-state index contributed by atoms with van der Waals surface area (Å²) in [7, 11) is -1.83. The first-order valence-electron chi connectivity index (χ1n) is 9.64. The number of phenols is 1. The lowest BCUT2D eigenvalue weighted by atomic mass is 9.77. The quantitative estimate of drug-likeness (QED) is 0.831. The number of nitrogens with zero attached hydrogens (tertiary/aromatic N) is 1. The van der Waals surface area contributed by atoms with Crippen LogP contribution in [0, 0.1) is 0 Å². The summed E-state index contributed by atoms with van der Waals surface area (Å²) in [5.74, 6) is 0.290. The fourth-order valence-corrected chi connectivity index (χ4v) is 5.94. The zero-order valence-corrected chi connectivity index (χ0v) is 18.8. The largest absolute Gasteiger partial charge is 0.507 e. The van der Waals surface area contributed by atoms with Crippen molar-refractivity contribution >= 4 is 10.0 Å². The van der Waals surface area contributed by atoms with Gasteiger partial charge in [0.15, 0.2) is 0 Å². The van der Waals surface area contributed by atoms with Gasteiger partial charge in [0, 0.05) is 20.2 Å². The normalized spacial score (nSPS) is 22.1. The van der Waals surface area contributed by atoms with Crippen molar-refractivity contribution in [3.8, 4) is 5.75 Å². The van der Waals surface area contributed by atoms with Crippen molar-refractivity contribution in [3.63, 3.8) is 0 Å². The van der Waals surface area contributed by atoms with Crippen LogP contribution in [0.5, 0.6) is 5.75 Å². The van der Waals surface area contributed by atoms with E-state index in [4.69, 9.17) is 4.74 Å². The highest BCUT2D eigenvalue weighted by molar-refractivity contribution is 7.90. The fourth-order valence-electron chi connectivity index (χ4n) is 3.85. The number of hydrogen-bond donors (Lipinski definition) is 1. The van der Waals surface area contributed by atoms with Gasteiger partial charge < -0.3 is 9.84 Å². The minimum Gasteiger partial charge on any atom is -0.507 e. The summed E-state index contributed by atoms with van der Waals surface area (Å²) in [5, 5.41) is 10.3. The van der Waals surface area contributed by atoms with E-state index in [-0.39, 0.29) is 16.6 Å². The Kier molecular flexibility index (Phi) is 6.06. The lowest BCUT2D eigenvalue weighted by Crippen LogP contribution is -2.33. The van der Waals surface area contributed by atoms with Crippen LogP contribution in [0.1, 0.15) is 77.7 Å². The van der Waals surface area contributed by atoms with Gasteiger partial charge >= 0.3 is 0 Å². The molecule has 1 aromatic carbocycles.